The zero-order valence-corrected chi connectivity index (χ0v) is 16.7. The van der Waals surface area contributed by atoms with Gasteiger partial charge >= 0.3 is 5.97 Å². The molecule has 0 aromatic heterocycles. The number of nitrogens with zero attached hydrogens (tertiary/aromatic N) is 3. The topological polar surface area (TPSA) is 118 Å². The summed E-state index contributed by atoms with van der Waals surface area (Å²) >= 11 is 0. The van der Waals surface area contributed by atoms with Crippen molar-refractivity contribution in [1.29, 1.82) is 5.26 Å². The van der Waals surface area contributed by atoms with Gasteiger partial charge in [-0.15, -0.1) is 0 Å². The minimum Gasteiger partial charge on any atom is -0.493 e. The molecule has 2 aliphatic rings. The summed E-state index contributed by atoms with van der Waals surface area (Å²) in [5.41, 5.74) is 6.37. The van der Waals surface area contributed by atoms with Crippen LogP contribution in [0.5, 0.6) is 11.5 Å². The molecule has 0 spiro atoms. The molecule has 1 aromatic rings. The number of nitrogens with two attached hydrogens (primary N) is 1. The summed E-state index contributed by atoms with van der Waals surface area (Å²) in [5, 5.41) is 9.95. The van der Waals surface area contributed by atoms with Gasteiger partial charge in [0.15, 0.2) is 17.4 Å². The number of amides is 1. The lowest BCUT2D eigenvalue weighted by molar-refractivity contribution is -0.136. The summed E-state index contributed by atoms with van der Waals surface area (Å²) in [6, 6.07) is 7.13. The number of rotatable bonds is 4. The number of nitriles is 1. The Morgan fingerprint density at radius 1 is 1.31 bits per heavy atom. The van der Waals surface area contributed by atoms with Crippen LogP contribution in [0.15, 0.2) is 29.7 Å². The summed E-state index contributed by atoms with van der Waals surface area (Å²) < 4.78 is 15.8. The third kappa shape index (κ3) is 3.71. The van der Waals surface area contributed by atoms with Crippen LogP contribution >= 0.6 is 0 Å². The number of carbonyl (C=O) groups is 2. The van der Waals surface area contributed by atoms with Gasteiger partial charge in [0.25, 0.3) is 0 Å². The van der Waals surface area contributed by atoms with Crippen molar-refractivity contribution >= 4 is 11.9 Å². The molecule has 0 saturated carbocycles. The third-order valence-corrected chi connectivity index (χ3v) is 5.33. The maximum absolute atomic E-state index is 13.3. The van der Waals surface area contributed by atoms with E-state index in [-0.39, 0.29) is 23.1 Å². The fraction of sp³-hybridized carbons (Fsp3) is 0.450. The standard InChI is InChI=1S/C20H24N4O5/c1-23-7-9-24(10-8-23)19(25)13(11-21)15-12-5-4-6-14(27-2)17(12)29-20(26)16(15)18(22)28-3/h4-6,13,15H,7-10,22H2,1-3H3/b18-16+. The van der Waals surface area contributed by atoms with Crippen LogP contribution in [0, 0.1) is 17.2 Å². The molecule has 9 heteroatoms. The fourth-order valence-electron chi connectivity index (χ4n) is 3.68. The number of methoxy groups -OCH3 is 2. The molecule has 9 nitrogen and oxygen atoms in total. The van der Waals surface area contributed by atoms with E-state index in [1.807, 2.05) is 7.05 Å². The quantitative estimate of drug-likeness (QED) is 0.335. The number of esters is 1. The number of piperazine rings is 1. The van der Waals surface area contributed by atoms with E-state index in [1.54, 1.807) is 23.1 Å². The monoisotopic (exact) mass is 400 g/mol. The van der Waals surface area contributed by atoms with Crippen LogP contribution in [0.4, 0.5) is 0 Å². The van der Waals surface area contributed by atoms with Gasteiger partial charge in [0.05, 0.1) is 26.2 Å². The van der Waals surface area contributed by atoms with Crippen LogP contribution < -0.4 is 15.2 Å². The largest absolute Gasteiger partial charge is 0.493 e. The predicted octanol–water partition coefficient (Wildman–Crippen LogP) is 0.428. The Morgan fingerprint density at radius 2 is 2.00 bits per heavy atom. The van der Waals surface area contributed by atoms with Crippen LogP contribution in [0.1, 0.15) is 11.5 Å². The first kappa shape index (κ1) is 20.5. The second-order valence-corrected chi connectivity index (χ2v) is 6.96. The highest BCUT2D eigenvalue weighted by Crippen LogP contribution is 2.47. The lowest BCUT2D eigenvalue weighted by Gasteiger charge is -2.36. The summed E-state index contributed by atoms with van der Waals surface area (Å²) in [5.74, 6) is -2.88. The van der Waals surface area contributed by atoms with Gasteiger partial charge in [0.1, 0.15) is 11.5 Å². The van der Waals surface area contributed by atoms with Gasteiger partial charge in [-0.25, -0.2) is 4.79 Å². The SMILES string of the molecule is CO/C(N)=C1/C(=O)Oc2c(OC)cccc2C1C(C#N)C(=O)N1CCN(C)CC1. The van der Waals surface area contributed by atoms with Crippen molar-refractivity contribution in [3.8, 4) is 17.6 Å². The highest BCUT2D eigenvalue weighted by molar-refractivity contribution is 5.97. The van der Waals surface area contributed by atoms with Crippen molar-refractivity contribution in [3.05, 3.63) is 35.2 Å². The molecule has 0 aliphatic carbocycles. The lowest BCUT2D eigenvalue weighted by atomic mass is 9.78. The number of fused-ring (bicyclic) bond motifs is 1. The maximum Gasteiger partial charge on any atom is 0.345 e. The molecule has 3 rings (SSSR count). The molecule has 0 radical (unpaired) electrons. The zero-order chi connectivity index (χ0) is 21.1. The number of ether oxygens (including phenoxy) is 3. The van der Waals surface area contributed by atoms with E-state index in [4.69, 9.17) is 19.9 Å². The van der Waals surface area contributed by atoms with Gasteiger partial charge in [0.2, 0.25) is 5.91 Å². The van der Waals surface area contributed by atoms with Crippen molar-refractivity contribution in [2.75, 3.05) is 47.4 Å². The number of para-hydroxylation sites is 1. The number of carbonyl (C=O) groups excluding carboxylic acids is 2. The Labute approximate surface area is 169 Å². The molecular formula is C20H24N4O5. The number of benzene rings is 1. The second-order valence-electron chi connectivity index (χ2n) is 6.96. The Balaban J connectivity index is 2.10. The van der Waals surface area contributed by atoms with Gasteiger partial charge in [-0.3, -0.25) is 4.79 Å². The van der Waals surface area contributed by atoms with Crippen molar-refractivity contribution in [1.82, 2.24) is 9.80 Å². The van der Waals surface area contributed by atoms with Gasteiger partial charge in [0, 0.05) is 31.7 Å². The summed E-state index contributed by atoms with van der Waals surface area (Å²) in [6.07, 6.45) is 0. The van der Waals surface area contributed by atoms with E-state index in [0.29, 0.717) is 37.5 Å². The first-order valence-electron chi connectivity index (χ1n) is 9.22. The first-order chi connectivity index (χ1) is 13.9. The van der Waals surface area contributed by atoms with Crippen LogP contribution in [0.2, 0.25) is 0 Å². The van der Waals surface area contributed by atoms with Gasteiger partial charge < -0.3 is 29.7 Å². The molecule has 2 atom stereocenters. The summed E-state index contributed by atoms with van der Waals surface area (Å²) in [4.78, 5) is 29.8. The molecule has 1 fully saturated rings. The van der Waals surface area contributed by atoms with E-state index in [2.05, 4.69) is 11.0 Å². The Kier molecular flexibility index (Phi) is 5.94. The smallest absolute Gasteiger partial charge is 0.345 e. The summed E-state index contributed by atoms with van der Waals surface area (Å²) in [6.45, 7) is 2.44. The molecule has 1 aromatic carbocycles. The minimum absolute atomic E-state index is 0.0396. The van der Waals surface area contributed by atoms with Crippen LogP contribution in [0.25, 0.3) is 0 Å². The average molecular weight is 400 g/mol. The van der Waals surface area contributed by atoms with Crippen LogP contribution in [0.3, 0.4) is 0 Å². The Bertz CT molecular complexity index is 883. The van der Waals surface area contributed by atoms with Crippen LogP contribution in [-0.2, 0) is 14.3 Å². The predicted molar refractivity (Wildman–Crippen MR) is 103 cm³/mol. The summed E-state index contributed by atoms with van der Waals surface area (Å²) in [7, 11) is 4.74. The lowest BCUT2D eigenvalue weighted by Crippen LogP contribution is -2.50. The molecule has 2 unspecified atom stereocenters. The van der Waals surface area contributed by atoms with E-state index in [9.17, 15) is 14.9 Å². The number of hydrogen-bond acceptors (Lipinski definition) is 8. The van der Waals surface area contributed by atoms with Crippen molar-refractivity contribution in [3.63, 3.8) is 0 Å². The van der Waals surface area contributed by atoms with Crippen LogP contribution in [-0.4, -0.2) is 69.1 Å². The van der Waals surface area contributed by atoms with E-state index < -0.39 is 17.8 Å². The third-order valence-electron chi connectivity index (χ3n) is 5.33. The van der Waals surface area contributed by atoms with Gasteiger partial charge in [-0.1, -0.05) is 12.1 Å². The minimum atomic E-state index is -1.17. The molecule has 2 N–H and O–H groups in total. The Morgan fingerprint density at radius 3 is 2.59 bits per heavy atom. The highest BCUT2D eigenvalue weighted by Gasteiger charge is 2.45. The Hall–Kier alpha value is -3.25. The van der Waals surface area contributed by atoms with Crippen molar-refractivity contribution < 1.29 is 23.8 Å². The van der Waals surface area contributed by atoms with Gasteiger partial charge in [-0.05, 0) is 13.1 Å². The molecule has 1 saturated heterocycles. The van der Waals surface area contributed by atoms with E-state index in [0.717, 1.165) is 0 Å². The van der Waals surface area contributed by atoms with Crippen molar-refractivity contribution in [2.24, 2.45) is 11.7 Å². The van der Waals surface area contributed by atoms with E-state index in [1.165, 1.54) is 14.2 Å². The molecule has 29 heavy (non-hydrogen) atoms. The van der Waals surface area contributed by atoms with E-state index >= 15 is 0 Å². The molecule has 0 bridgehead atoms. The zero-order valence-electron chi connectivity index (χ0n) is 16.7. The average Bonchev–Trinajstić information content (AvgIpc) is 2.73. The number of hydrogen-bond donors (Lipinski definition) is 1. The highest BCUT2D eigenvalue weighted by atomic mass is 16.6. The first-order valence-corrected chi connectivity index (χ1v) is 9.22. The number of likely N-dealkylation sites (N-methyl/N-ethyl adjacent to an activating group) is 1. The molecule has 154 valence electrons. The second kappa shape index (κ2) is 8.41. The molecule has 2 aliphatic heterocycles. The molecule has 2 heterocycles. The normalized spacial score (nSPS) is 22.1. The van der Waals surface area contributed by atoms with Gasteiger partial charge in [-0.2, -0.15) is 5.26 Å². The molecular weight excluding hydrogens is 376 g/mol. The van der Waals surface area contributed by atoms with Crippen molar-refractivity contribution in [2.45, 2.75) is 5.92 Å². The maximum atomic E-state index is 13.3. The molecule has 1 amide bonds. The fourth-order valence-corrected chi connectivity index (χ4v) is 3.68.